The van der Waals surface area contributed by atoms with Crippen LogP contribution in [0.15, 0.2) is 29.2 Å². The molecule has 26 heavy (non-hydrogen) atoms. The summed E-state index contributed by atoms with van der Waals surface area (Å²) in [7, 11) is -3.90. The maximum atomic E-state index is 13.9. The standard InChI is InChI=1S/C19H24FN3O2S/c20-16-10-4-6-12-19(16)26(24,25)21-13-17-15-9-3-5-11-18(15)23(22-17)14-7-1-2-8-14/h4,6,10,12,14,21H,1-3,5,7-9,11,13H2. The molecule has 1 saturated carbocycles. The van der Waals surface area contributed by atoms with Crippen molar-refractivity contribution in [3.63, 3.8) is 0 Å². The normalized spacial score (nSPS) is 18.2. The van der Waals surface area contributed by atoms with Crippen molar-refractivity contribution in [2.45, 2.75) is 68.8 Å². The van der Waals surface area contributed by atoms with Crippen molar-refractivity contribution in [2.24, 2.45) is 0 Å². The van der Waals surface area contributed by atoms with Gasteiger partial charge in [-0.25, -0.2) is 17.5 Å². The molecular formula is C19H24FN3O2S. The number of nitrogens with one attached hydrogen (secondary N) is 1. The van der Waals surface area contributed by atoms with Gasteiger partial charge in [-0.15, -0.1) is 0 Å². The summed E-state index contributed by atoms with van der Waals surface area (Å²) in [6.07, 6.45) is 8.98. The van der Waals surface area contributed by atoms with Gasteiger partial charge in [0, 0.05) is 5.69 Å². The average molecular weight is 377 g/mol. The van der Waals surface area contributed by atoms with Crippen LogP contribution in [0.1, 0.15) is 61.5 Å². The van der Waals surface area contributed by atoms with E-state index in [0.29, 0.717) is 6.04 Å². The summed E-state index contributed by atoms with van der Waals surface area (Å²) in [4.78, 5) is -0.316. The van der Waals surface area contributed by atoms with E-state index in [1.54, 1.807) is 0 Å². The van der Waals surface area contributed by atoms with Gasteiger partial charge in [-0.3, -0.25) is 4.68 Å². The van der Waals surface area contributed by atoms with Crippen molar-refractivity contribution in [1.29, 1.82) is 0 Å². The third kappa shape index (κ3) is 3.30. The lowest BCUT2D eigenvalue weighted by Crippen LogP contribution is -2.25. The van der Waals surface area contributed by atoms with Crippen LogP contribution in [-0.4, -0.2) is 18.2 Å². The number of halogens is 1. The molecule has 1 fully saturated rings. The Hall–Kier alpha value is -1.73. The van der Waals surface area contributed by atoms with Crippen molar-refractivity contribution < 1.29 is 12.8 Å². The number of fused-ring (bicyclic) bond motifs is 1. The molecule has 7 heteroatoms. The fraction of sp³-hybridized carbons (Fsp3) is 0.526. The highest BCUT2D eigenvalue weighted by Gasteiger charge is 2.27. The van der Waals surface area contributed by atoms with Crippen LogP contribution >= 0.6 is 0 Å². The van der Waals surface area contributed by atoms with E-state index in [2.05, 4.69) is 9.40 Å². The number of sulfonamides is 1. The first-order valence-corrected chi connectivity index (χ1v) is 10.9. The maximum Gasteiger partial charge on any atom is 0.243 e. The van der Waals surface area contributed by atoms with Crippen molar-refractivity contribution in [3.8, 4) is 0 Å². The second-order valence-corrected chi connectivity index (χ2v) is 8.95. The Labute approximate surface area is 153 Å². The Morgan fingerprint density at radius 3 is 2.62 bits per heavy atom. The first-order chi connectivity index (χ1) is 12.6. The van der Waals surface area contributed by atoms with Crippen molar-refractivity contribution >= 4 is 10.0 Å². The van der Waals surface area contributed by atoms with E-state index in [4.69, 9.17) is 5.10 Å². The highest BCUT2D eigenvalue weighted by atomic mass is 32.2. The van der Waals surface area contributed by atoms with Crippen LogP contribution in [0.5, 0.6) is 0 Å². The summed E-state index contributed by atoms with van der Waals surface area (Å²) in [5.74, 6) is -0.737. The molecule has 0 saturated heterocycles. The van der Waals surface area contributed by atoms with Gasteiger partial charge in [0.25, 0.3) is 0 Å². The fourth-order valence-corrected chi connectivity index (χ4v) is 5.27. The molecule has 0 aliphatic heterocycles. The van der Waals surface area contributed by atoms with Crippen LogP contribution in [-0.2, 0) is 29.4 Å². The SMILES string of the molecule is O=S(=O)(NCc1nn(C2CCCC2)c2c1CCCC2)c1ccccc1F. The molecule has 0 spiro atoms. The first kappa shape index (κ1) is 17.7. The topological polar surface area (TPSA) is 64.0 Å². The summed E-state index contributed by atoms with van der Waals surface area (Å²) in [5, 5.41) is 4.79. The van der Waals surface area contributed by atoms with Crippen LogP contribution in [0.25, 0.3) is 0 Å². The largest absolute Gasteiger partial charge is 0.266 e. The first-order valence-electron chi connectivity index (χ1n) is 9.39. The summed E-state index contributed by atoms with van der Waals surface area (Å²) in [6.45, 7) is 0.110. The summed E-state index contributed by atoms with van der Waals surface area (Å²) >= 11 is 0. The second-order valence-electron chi connectivity index (χ2n) is 7.22. The highest BCUT2D eigenvalue weighted by molar-refractivity contribution is 7.89. The minimum Gasteiger partial charge on any atom is -0.266 e. The third-order valence-corrected chi connectivity index (χ3v) is 6.95. The molecule has 0 unspecified atom stereocenters. The van der Waals surface area contributed by atoms with Crippen molar-refractivity contribution in [2.75, 3.05) is 0 Å². The molecule has 0 atom stereocenters. The molecule has 5 nitrogen and oxygen atoms in total. The van der Waals surface area contributed by atoms with Crippen LogP contribution in [0, 0.1) is 5.82 Å². The molecule has 0 bridgehead atoms. The predicted octanol–water partition coefficient (Wildman–Crippen LogP) is 3.49. The highest BCUT2D eigenvalue weighted by Crippen LogP contribution is 2.34. The molecular weight excluding hydrogens is 353 g/mol. The van der Waals surface area contributed by atoms with Crippen molar-refractivity contribution in [3.05, 3.63) is 47.0 Å². The number of benzene rings is 1. The quantitative estimate of drug-likeness (QED) is 0.867. The van der Waals surface area contributed by atoms with Gasteiger partial charge in [0.1, 0.15) is 10.7 Å². The zero-order valence-electron chi connectivity index (χ0n) is 14.7. The van der Waals surface area contributed by atoms with Gasteiger partial charge in [-0.2, -0.15) is 5.10 Å². The van der Waals surface area contributed by atoms with Crippen molar-refractivity contribution in [1.82, 2.24) is 14.5 Å². The lowest BCUT2D eigenvalue weighted by molar-refractivity contribution is 0.439. The van der Waals surface area contributed by atoms with Gasteiger partial charge in [0.2, 0.25) is 10.0 Å². The molecule has 1 N–H and O–H groups in total. The van der Waals surface area contributed by atoms with Gasteiger partial charge in [0.05, 0.1) is 18.3 Å². The molecule has 140 valence electrons. The molecule has 0 amide bonds. The van der Waals surface area contributed by atoms with Crippen LogP contribution < -0.4 is 4.72 Å². The van der Waals surface area contributed by atoms with E-state index < -0.39 is 15.8 Å². The molecule has 1 aromatic carbocycles. The minimum atomic E-state index is -3.90. The molecule has 4 rings (SSSR count). The van der Waals surface area contributed by atoms with Gasteiger partial charge >= 0.3 is 0 Å². The Morgan fingerprint density at radius 1 is 1.12 bits per heavy atom. The number of hydrogen-bond donors (Lipinski definition) is 1. The molecule has 1 heterocycles. The molecule has 2 aliphatic carbocycles. The monoisotopic (exact) mass is 377 g/mol. The summed E-state index contributed by atoms with van der Waals surface area (Å²) in [6, 6.07) is 5.89. The molecule has 0 radical (unpaired) electrons. The Morgan fingerprint density at radius 2 is 1.85 bits per heavy atom. The smallest absolute Gasteiger partial charge is 0.243 e. The van der Waals surface area contributed by atoms with Gasteiger partial charge in [-0.05, 0) is 56.2 Å². The number of nitrogens with zero attached hydrogens (tertiary/aromatic N) is 2. The lowest BCUT2D eigenvalue weighted by atomic mass is 9.95. The molecule has 2 aromatic rings. The van der Waals surface area contributed by atoms with E-state index in [0.717, 1.165) is 50.3 Å². The van der Waals surface area contributed by atoms with E-state index in [-0.39, 0.29) is 11.4 Å². The number of aromatic nitrogens is 2. The zero-order chi connectivity index (χ0) is 18.1. The predicted molar refractivity (Wildman–Crippen MR) is 96.8 cm³/mol. The minimum absolute atomic E-state index is 0.110. The maximum absolute atomic E-state index is 13.9. The van der Waals surface area contributed by atoms with Crippen LogP contribution in [0.2, 0.25) is 0 Å². The summed E-state index contributed by atoms with van der Waals surface area (Å²) < 4.78 is 43.5. The Bertz CT molecular complexity index is 902. The third-order valence-electron chi connectivity index (χ3n) is 5.52. The van der Waals surface area contributed by atoms with Gasteiger partial charge in [0.15, 0.2) is 0 Å². The van der Waals surface area contributed by atoms with Gasteiger partial charge in [-0.1, -0.05) is 25.0 Å². The van der Waals surface area contributed by atoms with E-state index in [1.165, 1.54) is 42.3 Å². The van der Waals surface area contributed by atoms with Crippen LogP contribution in [0.4, 0.5) is 4.39 Å². The van der Waals surface area contributed by atoms with E-state index in [1.807, 2.05) is 0 Å². The number of rotatable bonds is 5. The Kier molecular flexibility index (Phi) is 4.84. The second kappa shape index (κ2) is 7.12. The fourth-order valence-electron chi connectivity index (χ4n) is 4.20. The molecule has 1 aromatic heterocycles. The van der Waals surface area contributed by atoms with Crippen LogP contribution in [0.3, 0.4) is 0 Å². The average Bonchev–Trinajstić information content (AvgIpc) is 3.28. The van der Waals surface area contributed by atoms with E-state index >= 15 is 0 Å². The summed E-state index contributed by atoms with van der Waals surface area (Å²) in [5.41, 5.74) is 3.27. The van der Waals surface area contributed by atoms with Gasteiger partial charge < -0.3 is 0 Å². The zero-order valence-corrected chi connectivity index (χ0v) is 15.6. The van der Waals surface area contributed by atoms with E-state index in [9.17, 15) is 12.8 Å². The molecule has 2 aliphatic rings. The number of hydrogen-bond acceptors (Lipinski definition) is 3. The lowest BCUT2D eigenvalue weighted by Gasteiger charge is -2.18. The Balaban J connectivity index is 1.59.